The number of para-hydroxylation sites is 2. The van der Waals surface area contributed by atoms with Gasteiger partial charge in [-0.2, -0.15) is 0 Å². The van der Waals surface area contributed by atoms with Crippen LogP contribution in [0, 0.1) is 0 Å². The third-order valence-corrected chi connectivity index (χ3v) is 4.42. The molecule has 0 radical (unpaired) electrons. The summed E-state index contributed by atoms with van der Waals surface area (Å²) in [6.07, 6.45) is 5.03. The van der Waals surface area contributed by atoms with E-state index in [2.05, 4.69) is 21.9 Å². The van der Waals surface area contributed by atoms with E-state index in [-0.39, 0.29) is 0 Å². The van der Waals surface area contributed by atoms with E-state index in [4.69, 9.17) is 16.3 Å². The highest BCUT2D eigenvalue weighted by molar-refractivity contribution is 6.17. The van der Waals surface area contributed by atoms with Gasteiger partial charge in [0.05, 0.1) is 12.8 Å². The number of anilines is 1. The van der Waals surface area contributed by atoms with Crippen LogP contribution in [0.25, 0.3) is 0 Å². The molecule has 0 amide bonds. The van der Waals surface area contributed by atoms with E-state index in [1.165, 1.54) is 31.5 Å². The summed E-state index contributed by atoms with van der Waals surface area (Å²) in [5, 5.41) is 0. The first-order valence-electron chi connectivity index (χ1n) is 8.01. The van der Waals surface area contributed by atoms with Gasteiger partial charge in [-0.3, -0.25) is 4.90 Å². The minimum absolute atomic E-state index is 0.803. The topological polar surface area (TPSA) is 15.7 Å². The Morgan fingerprint density at radius 3 is 2.43 bits per heavy atom. The Hall–Kier alpha value is -0.930. The molecule has 1 aromatic carbocycles. The number of rotatable bonds is 8. The monoisotopic (exact) mass is 310 g/mol. The van der Waals surface area contributed by atoms with Crippen molar-refractivity contribution >= 4 is 17.3 Å². The molecule has 0 aromatic heterocycles. The molecule has 0 saturated carbocycles. The van der Waals surface area contributed by atoms with Gasteiger partial charge in [0.1, 0.15) is 5.75 Å². The fourth-order valence-corrected chi connectivity index (χ4v) is 3.08. The third kappa shape index (κ3) is 5.08. The van der Waals surface area contributed by atoms with E-state index in [0.717, 1.165) is 44.2 Å². The van der Waals surface area contributed by atoms with Gasteiger partial charge < -0.3 is 9.64 Å². The molecule has 3 nitrogen and oxygen atoms in total. The molecule has 0 aliphatic carbocycles. The maximum Gasteiger partial charge on any atom is 0.142 e. The molecule has 0 spiro atoms. The number of piperazine rings is 1. The maximum absolute atomic E-state index is 5.70. The fraction of sp³-hybridized carbons (Fsp3) is 0.647. The summed E-state index contributed by atoms with van der Waals surface area (Å²) in [5.41, 5.74) is 1.22. The molecule has 1 aliphatic rings. The van der Waals surface area contributed by atoms with Gasteiger partial charge in [-0.25, -0.2) is 0 Å². The molecule has 0 bridgehead atoms. The lowest BCUT2D eigenvalue weighted by Crippen LogP contribution is -2.46. The summed E-state index contributed by atoms with van der Waals surface area (Å²) in [7, 11) is 1.75. The smallest absolute Gasteiger partial charge is 0.142 e. The number of benzene rings is 1. The van der Waals surface area contributed by atoms with Crippen LogP contribution in [-0.4, -0.2) is 50.6 Å². The number of halogens is 1. The third-order valence-electron chi connectivity index (χ3n) is 4.16. The highest BCUT2D eigenvalue weighted by Crippen LogP contribution is 2.28. The van der Waals surface area contributed by atoms with Crippen LogP contribution in [-0.2, 0) is 0 Å². The molecule has 0 N–H and O–H groups in total. The van der Waals surface area contributed by atoms with Crippen LogP contribution < -0.4 is 9.64 Å². The predicted octanol–water partition coefficient (Wildman–Crippen LogP) is 3.62. The van der Waals surface area contributed by atoms with Crippen molar-refractivity contribution < 1.29 is 4.74 Å². The molecule has 4 heteroatoms. The number of nitrogens with zero attached hydrogens (tertiary/aromatic N) is 2. The van der Waals surface area contributed by atoms with E-state index in [1.54, 1.807) is 7.11 Å². The number of hydrogen-bond donors (Lipinski definition) is 0. The Morgan fingerprint density at radius 1 is 1.00 bits per heavy atom. The first kappa shape index (κ1) is 16.4. The van der Waals surface area contributed by atoms with E-state index in [1.807, 2.05) is 12.1 Å². The largest absolute Gasteiger partial charge is 0.495 e. The zero-order valence-electron chi connectivity index (χ0n) is 13.1. The van der Waals surface area contributed by atoms with Crippen molar-refractivity contribution in [2.24, 2.45) is 0 Å². The van der Waals surface area contributed by atoms with Crippen molar-refractivity contribution in [2.45, 2.75) is 25.7 Å². The van der Waals surface area contributed by atoms with Crippen molar-refractivity contribution in [3.63, 3.8) is 0 Å². The summed E-state index contributed by atoms with van der Waals surface area (Å²) < 4.78 is 5.46. The van der Waals surface area contributed by atoms with Crippen LogP contribution in [0.15, 0.2) is 24.3 Å². The zero-order valence-corrected chi connectivity index (χ0v) is 13.8. The van der Waals surface area contributed by atoms with Gasteiger partial charge in [-0.1, -0.05) is 25.0 Å². The number of ether oxygens (including phenoxy) is 1. The predicted molar refractivity (Wildman–Crippen MR) is 90.8 cm³/mol. The highest BCUT2D eigenvalue weighted by atomic mass is 35.5. The van der Waals surface area contributed by atoms with Gasteiger partial charge in [0.25, 0.3) is 0 Å². The average molecular weight is 311 g/mol. The molecule has 1 aliphatic heterocycles. The van der Waals surface area contributed by atoms with Crippen LogP contribution in [0.4, 0.5) is 5.69 Å². The molecule has 118 valence electrons. The second kappa shape index (κ2) is 9.16. The maximum atomic E-state index is 5.70. The van der Waals surface area contributed by atoms with Crippen LogP contribution >= 0.6 is 11.6 Å². The summed E-state index contributed by atoms with van der Waals surface area (Å²) in [6.45, 7) is 5.69. The van der Waals surface area contributed by atoms with Gasteiger partial charge >= 0.3 is 0 Å². The number of unbranched alkanes of at least 4 members (excludes halogenated alkanes) is 3. The van der Waals surface area contributed by atoms with E-state index >= 15 is 0 Å². The van der Waals surface area contributed by atoms with Gasteiger partial charge in [0.2, 0.25) is 0 Å². The molecule has 1 heterocycles. The van der Waals surface area contributed by atoms with Crippen LogP contribution in [0.1, 0.15) is 25.7 Å². The Labute approximate surface area is 133 Å². The average Bonchev–Trinajstić information content (AvgIpc) is 2.55. The molecule has 21 heavy (non-hydrogen) atoms. The lowest BCUT2D eigenvalue weighted by atomic mass is 10.2. The standard InChI is InChI=1S/C17H27ClN2O/c1-21-17-9-5-4-8-16(17)20-14-12-19(13-15-20)11-7-3-2-6-10-18/h4-5,8-9H,2-3,6-7,10-15H2,1H3. The van der Waals surface area contributed by atoms with Crippen LogP contribution in [0.5, 0.6) is 5.75 Å². The number of hydrogen-bond acceptors (Lipinski definition) is 3. The summed E-state index contributed by atoms with van der Waals surface area (Å²) in [6, 6.07) is 8.31. The molecule has 1 saturated heterocycles. The molecule has 0 unspecified atom stereocenters. The molecule has 1 aromatic rings. The molecular weight excluding hydrogens is 284 g/mol. The Bertz CT molecular complexity index is 406. The first-order valence-corrected chi connectivity index (χ1v) is 8.55. The van der Waals surface area contributed by atoms with Gasteiger partial charge in [-0.15, -0.1) is 11.6 Å². The first-order chi connectivity index (χ1) is 10.3. The van der Waals surface area contributed by atoms with E-state index in [9.17, 15) is 0 Å². The zero-order chi connectivity index (χ0) is 14.9. The fourth-order valence-electron chi connectivity index (χ4n) is 2.89. The Kier molecular flexibility index (Phi) is 7.17. The van der Waals surface area contributed by atoms with Crippen molar-refractivity contribution in [1.82, 2.24) is 4.90 Å². The quantitative estimate of drug-likeness (QED) is 0.539. The van der Waals surface area contributed by atoms with Crippen molar-refractivity contribution in [3.05, 3.63) is 24.3 Å². The second-order valence-electron chi connectivity index (χ2n) is 5.60. The lowest BCUT2D eigenvalue weighted by Gasteiger charge is -2.36. The molecular formula is C17H27ClN2O. The summed E-state index contributed by atoms with van der Waals surface area (Å²) >= 11 is 5.70. The minimum atomic E-state index is 0.803. The molecule has 2 rings (SSSR count). The number of methoxy groups -OCH3 is 1. The van der Waals surface area contributed by atoms with Gasteiger partial charge in [-0.05, 0) is 31.5 Å². The Balaban J connectivity index is 1.73. The van der Waals surface area contributed by atoms with Gasteiger partial charge in [0, 0.05) is 32.1 Å². The number of alkyl halides is 1. The van der Waals surface area contributed by atoms with E-state index < -0.39 is 0 Å². The minimum Gasteiger partial charge on any atom is -0.495 e. The second-order valence-corrected chi connectivity index (χ2v) is 5.98. The van der Waals surface area contributed by atoms with Crippen LogP contribution in [0.2, 0.25) is 0 Å². The lowest BCUT2D eigenvalue weighted by molar-refractivity contribution is 0.251. The summed E-state index contributed by atoms with van der Waals surface area (Å²) in [5.74, 6) is 1.78. The van der Waals surface area contributed by atoms with Crippen molar-refractivity contribution in [1.29, 1.82) is 0 Å². The summed E-state index contributed by atoms with van der Waals surface area (Å²) in [4.78, 5) is 5.01. The highest BCUT2D eigenvalue weighted by Gasteiger charge is 2.18. The Morgan fingerprint density at radius 2 is 1.71 bits per heavy atom. The normalized spacial score (nSPS) is 16.2. The van der Waals surface area contributed by atoms with Crippen molar-refractivity contribution in [3.8, 4) is 5.75 Å². The van der Waals surface area contributed by atoms with Gasteiger partial charge in [0.15, 0.2) is 0 Å². The SMILES string of the molecule is COc1ccccc1N1CCN(CCCCCCCl)CC1. The van der Waals surface area contributed by atoms with Crippen LogP contribution in [0.3, 0.4) is 0 Å². The molecule has 0 atom stereocenters. The van der Waals surface area contributed by atoms with E-state index in [0.29, 0.717) is 0 Å². The molecule has 1 fully saturated rings. The van der Waals surface area contributed by atoms with Crippen molar-refractivity contribution in [2.75, 3.05) is 50.6 Å².